The number of amides is 1. The third-order valence-electron chi connectivity index (χ3n) is 1.70. The smallest absolute Gasteiger partial charge is 0.323 e. The summed E-state index contributed by atoms with van der Waals surface area (Å²) in [7, 11) is 1.45. The molecule has 0 spiro atoms. The molecular weight excluding hydrogens is 186 g/mol. The molecule has 1 heterocycles. The summed E-state index contributed by atoms with van der Waals surface area (Å²) >= 11 is 0. The maximum Gasteiger partial charge on any atom is 0.323 e. The first-order chi connectivity index (χ1) is 6.59. The Morgan fingerprint density at radius 3 is 2.86 bits per heavy atom. The Kier molecular flexibility index (Phi) is 3.22. The Bertz CT molecular complexity index is 321. The first-order valence-electron chi connectivity index (χ1n) is 4.03. The molecule has 0 atom stereocenters. The molecule has 0 saturated carbocycles. The number of likely N-dealkylation sites (N-methyl/N-ethyl adjacent to an activating group) is 1. The molecule has 1 aromatic heterocycles. The molecule has 0 aromatic carbocycles. The van der Waals surface area contributed by atoms with Gasteiger partial charge in [-0.25, -0.2) is 0 Å². The monoisotopic (exact) mass is 197 g/mol. The molecule has 1 amide bonds. The van der Waals surface area contributed by atoms with E-state index in [-0.39, 0.29) is 18.9 Å². The number of aliphatic carboxylic acids is 1. The van der Waals surface area contributed by atoms with Crippen LogP contribution in [-0.4, -0.2) is 45.7 Å². The number of nitrogens with zero attached hydrogens (tertiary/aromatic N) is 2. The molecular formula is C8H11N3O3. The number of rotatable bonds is 4. The van der Waals surface area contributed by atoms with Gasteiger partial charge in [-0.2, -0.15) is 5.10 Å². The van der Waals surface area contributed by atoms with E-state index >= 15 is 0 Å². The van der Waals surface area contributed by atoms with Gasteiger partial charge in [-0.05, 0) is 6.07 Å². The molecule has 1 rings (SSSR count). The minimum atomic E-state index is -1.02. The zero-order valence-electron chi connectivity index (χ0n) is 7.73. The van der Waals surface area contributed by atoms with Crippen molar-refractivity contribution in [3.63, 3.8) is 0 Å². The van der Waals surface area contributed by atoms with E-state index in [0.29, 0.717) is 5.69 Å². The Labute approximate surface area is 80.5 Å². The number of carbonyl (C=O) groups is 2. The molecule has 0 aliphatic heterocycles. The lowest BCUT2D eigenvalue weighted by atomic mass is 10.3. The normalized spacial score (nSPS) is 9.79. The Morgan fingerprint density at radius 2 is 2.36 bits per heavy atom. The number of aromatic amines is 1. The van der Waals surface area contributed by atoms with Gasteiger partial charge in [-0.3, -0.25) is 14.7 Å². The van der Waals surface area contributed by atoms with Gasteiger partial charge >= 0.3 is 5.97 Å². The van der Waals surface area contributed by atoms with Crippen LogP contribution in [0.15, 0.2) is 12.3 Å². The highest BCUT2D eigenvalue weighted by atomic mass is 16.4. The third-order valence-corrected chi connectivity index (χ3v) is 1.70. The maximum atomic E-state index is 11.4. The van der Waals surface area contributed by atoms with Crippen molar-refractivity contribution in [2.45, 2.75) is 6.42 Å². The molecule has 0 bridgehead atoms. The van der Waals surface area contributed by atoms with E-state index in [1.165, 1.54) is 7.05 Å². The zero-order chi connectivity index (χ0) is 10.6. The zero-order valence-corrected chi connectivity index (χ0v) is 7.73. The molecule has 0 radical (unpaired) electrons. The lowest BCUT2D eigenvalue weighted by Gasteiger charge is -2.13. The predicted molar refractivity (Wildman–Crippen MR) is 47.6 cm³/mol. The highest BCUT2D eigenvalue weighted by molar-refractivity contribution is 5.82. The molecule has 1 aromatic rings. The van der Waals surface area contributed by atoms with Gasteiger partial charge in [0.15, 0.2) is 0 Å². The number of carbonyl (C=O) groups excluding carboxylic acids is 1. The summed E-state index contributed by atoms with van der Waals surface area (Å²) in [6.45, 7) is -0.285. The predicted octanol–water partition coefficient (Wildman–Crippen LogP) is -0.505. The number of carboxylic acids is 1. The average molecular weight is 197 g/mol. The SMILES string of the molecule is CN(CC(=O)O)C(=O)Cc1ccn[nH]1. The van der Waals surface area contributed by atoms with Gasteiger partial charge < -0.3 is 10.0 Å². The average Bonchev–Trinajstić information content (AvgIpc) is 2.55. The van der Waals surface area contributed by atoms with Gasteiger partial charge in [0.25, 0.3) is 0 Å². The van der Waals surface area contributed by atoms with Crippen molar-refractivity contribution in [1.29, 1.82) is 0 Å². The molecule has 0 unspecified atom stereocenters. The summed E-state index contributed by atoms with van der Waals surface area (Å²) < 4.78 is 0. The van der Waals surface area contributed by atoms with Crippen LogP contribution in [0.1, 0.15) is 5.69 Å². The van der Waals surface area contributed by atoms with Crippen LogP contribution in [0, 0.1) is 0 Å². The van der Waals surface area contributed by atoms with Crippen molar-refractivity contribution >= 4 is 11.9 Å². The van der Waals surface area contributed by atoms with E-state index in [0.717, 1.165) is 4.90 Å². The van der Waals surface area contributed by atoms with E-state index in [2.05, 4.69) is 10.2 Å². The van der Waals surface area contributed by atoms with Crippen LogP contribution in [-0.2, 0) is 16.0 Å². The number of hydrogen-bond donors (Lipinski definition) is 2. The van der Waals surface area contributed by atoms with Crippen LogP contribution in [0.2, 0.25) is 0 Å². The van der Waals surface area contributed by atoms with Gasteiger partial charge in [0.1, 0.15) is 6.54 Å². The molecule has 6 nitrogen and oxygen atoms in total. The molecule has 0 aliphatic rings. The maximum absolute atomic E-state index is 11.4. The Balaban J connectivity index is 2.46. The van der Waals surface area contributed by atoms with E-state index in [1.807, 2.05) is 0 Å². The number of aromatic nitrogens is 2. The fourth-order valence-corrected chi connectivity index (χ4v) is 0.972. The highest BCUT2D eigenvalue weighted by Crippen LogP contribution is 1.96. The minimum absolute atomic E-state index is 0.143. The number of carboxylic acid groups (broad SMARTS) is 1. The summed E-state index contributed by atoms with van der Waals surface area (Å²) in [5.41, 5.74) is 0.673. The first-order valence-corrected chi connectivity index (χ1v) is 4.03. The summed E-state index contributed by atoms with van der Waals surface area (Å²) in [6.07, 6.45) is 1.68. The molecule has 2 N–H and O–H groups in total. The molecule has 14 heavy (non-hydrogen) atoms. The number of hydrogen-bond acceptors (Lipinski definition) is 3. The van der Waals surface area contributed by atoms with E-state index < -0.39 is 5.97 Å². The van der Waals surface area contributed by atoms with Crippen molar-refractivity contribution in [2.24, 2.45) is 0 Å². The van der Waals surface area contributed by atoms with Crippen molar-refractivity contribution < 1.29 is 14.7 Å². The van der Waals surface area contributed by atoms with Gasteiger partial charge in [-0.1, -0.05) is 0 Å². The van der Waals surface area contributed by atoms with Crippen LogP contribution in [0.3, 0.4) is 0 Å². The van der Waals surface area contributed by atoms with Gasteiger partial charge in [0.2, 0.25) is 5.91 Å². The van der Waals surface area contributed by atoms with Gasteiger partial charge in [0, 0.05) is 18.9 Å². The van der Waals surface area contributed by atoms with Gasteiger partial charge in [-0.15, -0.1) is 0 Å². The van der Waals surface area contributed by atoms with Crippen molar-refractivity contribution in [3.05, 3.63) is 18.0 Å². The number of H-pyrrole nitrogens is 1. The van der Waals surface area contributed by atoms with Crippen LogP contribution >= 0.6 is 0 Å². The molecule has 0 aliphatic carbocycles. The lowest BCUT2D eigenvalue weighted by Crippen LogP contribution is -2.33. The quantitative estimate of drug-likeness (QED) is 0.681. The summed E-state index contributed by atoms with van der Waals surface area (Å²) in [5.74, 6) is -1.28. The second kappa shape index (κ2) is 4.40. The Hall–Kier alpha value is -1.85. The fourth-order valence-electron chi connectivity index (χ4n) is 0.972. The van der Waals surface area contributed by atoms with E-state index in [4.69, 9.17) is 5.11 Å². The topological polar surface area (TPSA) is 86.3 Å². The van der Waals surface area contributed by atoms with Crippen molar-refractivity contribution in [2.75, 3.05) is 13.6 Å². The van der Waals surface area contributed by atoms with Crippen LogP contribution in [0.4, 0.5) is 0 Å². The summed E-state index contributed by atoms with van der Waals surface area (Å²) in [6, 6.07) is 1.67. The lowest BCUT2D eigenvalue weighted by molar-refractivity contribution is -0.143. The molecule has 76 valence electrons. The fraction of sp³-hybridized carbons (Fsp3) is 0.375. The summed E-state index contributed by atoms with van der Waals surface area (Å²) in [4.78, 5) is 22.8. The van der Waals surface area contributed by atoms with Crippen molar-refractivity contribution in [3.8, 4) is 0 Å². The molecule has 0 saturated heterocycles. The second-order valence-corrected chi connectivity index (χ2v) is 2.90. The first kappa shape index (κ1) is 10.2. The standard InChI is InChI=1S/C8H11N3O3/c1-11(5-8(13)14)7(12)4-6-2-3-9-10-6/h2-3H,4-5H2,1H3,(H,9,10)(H,13,14). The van der Waals surface area contributed by atoms with Crippen molar-refractivity contribution in [1.82, 2.24) is 15.1 Å². The number of nitrogens with one attached hydrogen (secondary N) is 1. The van der Waals surface area contributed by atoms with Crippen LogP contribution in [0.5, 0.6) is 0 Å². The highest BCUT2D eigenvalue weighted by Gasteiger charge is 2.12. The van der Waals surface area contributed by atoms with E-state index in [1.54, 1.807) is 12.3 Å². The largest absolute Gasteiger partial charge is 0.480 e. The molecule has 0 fully saturated rings. The molecule has 6 heteroatoms. The van der Waals surface area contributed by atoms with Crippen LogP contribution < -0.4 is 0 Å². The summed E-state index contributed by atoms with van der Waals surface area (Å²) in [5, 5.41) is 14.8. The van der Waals surface area contributed by atoms with Crippen LogP contribution in [0.25, 0.3) is 0 Å². The second-order valence-electron chi connectivity index (χ2n) is 2.90. The van der Waals surface area contributed by atoms with Gasteiger partial charge in [0.05, 0.1) is 6.42 Å². The Morgan fingerprint density at radius 1 is 1.64 bits per heavy atom. The van der Waals surface area contributed by atoms with E-state index in [9.17, 15) is 9.59 Å². The minimum Gasteiger partial charge on any atom is -0.480 e. The third kappa shape index (κ3) is 2.89.